The van der Waals surface area contributed by atoms with E-state index in [2.05, 4.69) is 57.2 Å². The number of ether oxygens (including phenoxy) is 3. The fourth-order valence-corrected chi connectivity index (χ4v) is 9.53. The van der Waals surface area contributed by atoms with Gasteiger partial charge in [0.15, 0.2) is 6.10 Å². The van der Waals surface area contributed by atoms with Gasteiger partial charge in [0, 0.05) is 19.3 Å². The molecule has 0 aliphatic heterocycles. The third-order valence-electron chi connectivity index (χ3n) is 14.4. The molecule has 0 fully saturated rings. The van der Waals surface area contributed by atoms with Crippen molar-refractivity contribution in [2.45, 2.75) is 354 Å². The molecule has 0 bridgehead atoms. The number of hydrogen-bond acceptors (Lipinski definition) is 6. The molecule has 0 radical (unpaired) electrons. The molecule has 72 heavy (non-hydrogen) atoms. The third-order valence-corrected chi connectivity index (χ3v) is 14.4. The highest BCUT2D eigenvalue weighted by Gasteiger charge is 2.19. The van der Waals surface area contributed by atoms with Crippen molar-refractivity contribution in [1.82, 2.24) is 0 Å². The Bertz CT molecular complexity index is 1210. The number of allylic oxidation sites excluding steroid dienone is 6. The van der Waals surface area contributed by atoms with Gasteiger partial charge in [-0.05, 0) is 77.0 Å². The molecule has 0 N–H and O–H groups in total. The first-order valence-corrected chi connectivity index (χ1v) is 32.0. The molecule has 0 aliphatic rings. The lowest BCUT2D eigenvalue weighted by Crippen LogP contribution is -2.30. The van der Waals surface area contributed by atoms with Crippen LogP contribution in [-0.4, -0.2) is 37.2 Å². The zero-order valence-electron chi connectivity index (χ0n) is 48.5. The van der Waals surface area contributed by atoms with E-state index in [1.54, 1.807) is 0 Å². The molecule has 0 aliphatic carbocycles. The Morgan fingerprint density at radius 3 is 0.792 bits per heavy atom. The molecule has 0 heterocycles. The number of esters is 3. The number of carbonyl (C=O) groups excluding carboxylic acids is 3. The highest BCUT2D eigenvalue weighted by atomic mass is 16.6. The largest absolute Gasteiger partial charge is 0.462 e. The van der Waals surface area contributed by atoms with E-state index in [-0.39, 0.29) is 31.1 Å². The molecule has 0 saturated carbocycles. The molecule has 6 heteroatoms. The lowest BCUT2D eigenvalue weighted by atomic mass is 10.0. The molecule has 0 amide bonds. The van der Waals surface area contributed by atoms with E-state index in [0.29, 0.717) is 19.3 Å². The summed E-state index contributed by atoms with van der Waals surface area (Å²) in [5, 5.41) is 0. The summed E-state index contributed by atoms with van der Waals surface area (Å²) < 4.78 is 16.9. The minimum Gasteiger partial charge on any atom is -0.462 e. The molecule has 6 nitrogen and oxygen atoms in total. The van der Waals surface area contributed by atoms with Crippen LogP contribution in [0.2, 0.25) is 0 Å². The summed E-state index contributed by atoms with van der Waals surface area (Å²) in [6.07, 6.45) is 74.3. The quantitative estimate of drug-likeness (QED) is 0.0261. The lowest BCUT2D eigenvalue weighted by Gasteiger charge is -2.18. The average molecular weight is 1010 g/mol. The van der Waals surface area contributed by atoms with Gasteiger partial charge in [-0.25, -0.2) is 0 Å². The maximum absolute atomic E-state index is 12.9. The van der Waals surface area contributed by atoms with Crippen molar-refractivity contribution >= 4 is 17.9 Å². The molecule has 0 aromatic rings. The Labute approximate surface area is 448 Å². The predicted molar refractivity (Wildman–Crippen MR) is 312 cm³/mol. The van der Waals surface area contributed by atoms with Crippen molar-refractivity contribution in [3.05, 3.63) is 36.5 Å². The van der Waals surface area contributed by atoms with E-state index in [1.165, 1.54) is 218 Å². The van der Waals surface area contributed by atoms with Crippen LogP contribution in [0.5, 0.6) is 0 Å². The Balaban J connectivity index is 4.31. The second kappa shape index (κ2) is 61.2. The zero-order chi connectivity index (χ0) is 52.2. The summed E-state index contributed by atoms with van der Waals surface area (Å²) in [7, 11) is 0. The van der Waals surface area contributed by atoms with Gasteiger partial charge >= 0.3 is 17.9 Å². The molecular weight excluding hydrogens is 889 g/mol. The molecule has 1 atom stereocenters. The van der Waals surface area contributed by atoms with Gasteiger partial charge in [-0.3, -0.25) is 14.4 Å². The molecule has 422 valence electrons. The summed E-state index contributed by atoms with van der Waals surface area (Å²) in [5.41, 5.74) is 0. The molecular formula is C66H122O6. The van der Waals surface area contributed by atoms with Crippen LogP contribution >= 0.6 is 0 Å². The van der Waals surface area contributed by atoms with E-state index in [1.807, 2.05) is 0 Å². The fourth-order valence-electron chi connectivity index (χ4n) is 9.53. The monoisotopic (exact) mass is 1010 g/mol. The SMILES string of the molecule is CCCCCC/C=C\C/C=C\CCCCCCCC(=O)OC(COC(=O)CCCCCCC/C=C\CCCCCCCCC)COC(=O)CCCCCCCCCCCCCCCCCCCCCCCC. The standard InChI is InChI=1S/C66H122O6/c1-4-7-10-13-16-19-22-25-28-31-32-33-34-35-36-39-41-44-47-50-53-56-59-65(68)71-62-63(72-66(69)60-57-54-51-48-45-42-38-30-27-24-21-18-15-12-9-6-3)61-70-64(67)58-55-52-49-46-43-40-37-29-26-23-20-17-14-11-8-5-2/h21,24,29-30,37-38,63H,4-20,22-23,25-28,31-36,39-62H2,1-3H3/b24-21-,37-29-,38-30-. The van der Waals surface area contributed by atoms with Crippen LogP contribution in [0.15, 0.2) is 36.5 Å². The number of hydrogen-bond donors (Lipinski definition) is 0. The van der Waals surface area contributed by atoms with Gasteiger partial charge in [0.25, 0.3) is 0 Å². The second-order valence-electron chi connectivity index (χ2n) is 21.7. The third kappa shape index (κ3) is 58.5. The van der Waals surface area contributed by atoms with Crippen molar-refractivity contribution in [3.63, 3.8) is 0 Å². The summed E-state index contributed by atoms with van der Waals surface area (Å²) in [4.78, 5) is 38.3. The van der Waals surface area contributed by atoms with Gasteiger partial charge in [0.05, 0.1) is 0 Å². The van der Waals surface area contributed by atoms with Crippen molar-refractivity contribution in [1.29, 1.82) is 0 Å². The van der Waals surface area contributed by atoms with Crippen LogP contribution in [0.1, 0.15) is 348 Å². The van der Waals surface area contributed by atoms with Crippen molar-refractivity contribution < 1.29 is 28.6 Å². The van der Waals surface area contributed by atoms with Gasteiger partial charge in [-0.1, -0.05) is 288 Å². The van der Waals surface area contributed by atoms with Gasteiger partial charge in [-0.2, -0.15) is 0 Å². The first-order chi connectivity index (χ1) is 35.5. The van der Waals surface area contributed by atoms with E-state index in [4.69, 9.17) is 14.2 Å². The van der Waals surface area contributed by atoms with E-state index in [0.717, 1.165) is 89.9 Å². The normalized spacial score (nSPS) is 12.2. The van der Waals surface area contributed by atoms with E-state index < -0.39 is 6.10 Å². The summed E-state index contributed by atoms with van der Waals surface area (Å²) in [6, 6.07) is 0. The Morgan fingerprint density at radius 2 is 0.500 bits per heavy atom. The van der Waals surface area contributed by atoms with Crippen LogP contribution in [-0.2, 0) is 28.6 Å². The molecule has 0 saturated heterocycles. The van der Waals surface area contributed by atoms with Gasteiger partial charge < -0.3 is 14.2 Å². The smallest absolute Gasteiger partial charge is 0.306 e. The number of unbranched alkanes of at least 4 members (excludes halogenated alkanes) is 42. The Morgan fingerprint density at radius 1 is 0.278 bits per heavy atom. The van der Waals surface area contributed by atoms with Crippen LogP contribution in [0, 0.1) is 0 Å². The highest BCUT2D eigenvalue weighted by molar-refractivity contribution is 5.71. The average Bonchev–Trinajstić information content (AvgIpc) is 3.38. The summed E-state index contributed by atoms with van der Waals surface area (Å²) in [6.45, 7) is 6.66. The van der Waals surface area contributed by atoms with Crippen LogP contribution in [0.25, 0.3) is 0 Å². The summed E-state index contributed by atoms with van der Waals surface area (Å²) in [5.74, 6) is -0.876. The second-order valence-corrected chi connectivity index (χ2v) is 21.7. The Hall–Kier alpha value is -2.37. The van der Waals surface area contributed by atoms with Crippen molar-refractivity contribution in [3.8, 4) is 0 Å². The van der Waals surface area contributed by atoms with Crippen LogP contribution in [0.4, 0.5) is 0 Å². The number of carbonyl (C=O) groups is 3. The molecule has 1 unspecified atom stereocenters. The summed E-state index contributed by atoms with van der Waals surface area (Å²) >= 11 is 0. The predicted octanol–water partition coefficient (Wildman–Crippen LogP) is 21.6. The topological polar surface area (TPSA) is 78.9 Å². The van der Waals surface area contributed by atoms with Crippen molar-refractivity contribution in [2.75, 3.05) is 13.2 Å². The maximum Gasteiger partial charge on any atom is 0.306 e. The van der Waals surface area contributed by atoms with Gasteiger partial charge in [0.1, 0.15) is 13.2 Å². The van der Waals surface area contributed by atoms with E-state index in [9.17, 15) is 14.4 Å². The Kier molecular flexibility index (Phi) is 59.2. The fraction of sp³-hybridized carbons (Fsp3) is 0.864. The first kappa shape index (κ1) is 69.6. The lowest BCUT2D eigenvalue weighted by molar-refractivity contribution is -0.167. The van der Waals surface area contributed by atoms with Crippen molar-refractivity contribution in [2.24, 2.45) is 0 Å². The minimum absolute atomic E-state index is 0.0765. The highest BCUT2D eigenvalue weighted by Crippen LogP contribution is 2.17. The zero-order valence-corrected chi connectivity index (χ0v) is 48.5. The number of rotatable bonds is 59. The minimum atomic E-state index is -0.781. The maximum atomic E-state index is 12.9. The van der Waals surface area contributed by atoms with E-state index >= 15 is 0 Å². The van der Waals surface area contributed by atoms with Gasteiger partial charge in [-0.15, -0.1) is 0 Å². The van der Waals surface area contributed by atoms with Crippen LogP contribution in [0.3, 0.4) is 0 Å². The molecule has 0 aromatic heterocycles. The molecule has 0 rings (SSSR count). The molecule has 0 aromatic carbocycles. The first-order valence-electron chi connectivity index (χ1n) is 32.0. The van der Waals surface area contributed by atoms with Crippen LogP contribution < -0.4 is 0 Å². The molecule has 0 spiro atoms. The van der Waals surface area contributed by atoms with Gasteiger partial charge in [0.2, 0.25) is 0 Å².